The Morgan fingerprint density at radius 1 is 1.09 bits per heavy atom. The molecule has 2 aromatic carbocycles. The molecule has 1 fully saturated rings. The normalized spacial score (nSPS) is 15.1. The van der Waals surface area contributed by atoms with E-state index in [0.717, 1.165) is 70.8 Å². The molecule has 2 aliphatic heterocycles. The Morgan fingerprint density at radius 3 is 2.71 bits per heavy atom. The van der Waals surface area contributed by atoms with E-state index < -0.39 is 0 Å². The highest BCUT2D eigenvalue weighted by Crippen LogP contribution is 2.37. The molecule has 0 atom stereocenters. The standard InChI is InChI=1S/C25H27N3O4S2/c1-27(13-21-15-34-16-26-21)12-20-10-18(19-3-5-23-24(11-19)32-17-31-23)2-4-22(20)30-14-25(29)28-6-8-33-9-7-28/h2-5,10-11,15-16H,6-9,12-14,17H2,1H3. The Bertz CT molecular complexity index is 1130. The number of hydrogen-bond donors (Lipinski definition) is 0. The largest absolute Gasteiger partial charge is 0.483 e. The smallest absolute Gasteiger partial charge is 0.260 e. The molecule has 0 bridgehead atoms. The van der Waals surface area contributed by atoms with Crippen molar-refractivity contribution in [2.24, 2.45) is 0 Å². The van der Waals surface area contributed by atoms with Crippen LogP contribution < -0.4 is 14.2 Å². The topological polar surface area (TPSA) is 64.1 Å². The molecule has 9 heteroatoms. The van der Waals surface area contributed by atoms with E-state index in [4.69, 9.17) is 14.2 Å². The van der Waals surface area contributed by atoms with Crippen molar-refractivity contribution >= 4 is 29.0 Å². The zero-order valence-corrected chi connectivity index (χ0v) is 20.7. The molecule has 5 rings (SSSR count). The highest BCUT2D eigenvalue weighted by atomic mass is 32.2. The fraction of sp³-hybridized carbons (Fsp3) is 0.360. The van der Waals surface area contributed by atoms with Crippen LogP contribution in [0.25, 0.3) is 11.1 Å². The van der Waals surface area contributed by atoms with Crippen LogP contribution in [0.5, 0.6) is 17.2 Å². The summed E-state index contributed by atoms with van der Waals surface area (Å²) >= 11 is 3.48. The Kier molecular flexibility index (Phi) is 7.22. The average molecular weight is 498 g/mol. The summed E-state index contributed by atoms with van der Waals surface area (Å²) < 4.78 is 17.1. The highest BCUT2D eigenvalue weighted by molar-refractivity contribution is 7.99. The van der Waals surface area contributed by atoms with E-state index in [9.17, 15) is 4.79 Å². The lowest BCUT2D eigenvalue weighted by atomic mass is 10.0. The van der Waals surface area contributed by atoms with Gasteiger partial charge in [-0.25, -0.2) is 4.98 Å². The number of aromatic nitrogens is 1. The lowest BCUT2D eigenvalue weighted by Crippen LogP contribution is -2.40. The van der Waals surface area contributed by atoms with Gasteiger partial charge in [0.2, 0.25) is 6.79 Å². The second kappa shape index (κ2) is 10.7. The van der Waals surface area contributed by atoms with Gasteiger partial charge >= 0.3 is 0 Å². The van der Waals surface area contributed by atoms with Crippen LogP contribution in [0.3, 0.4) is 0 Å². The lowest BCUT2D eigenvalue weighted by Gasteiger charge is -2.26. The molecule has 1 aromatic heterocycles. The predicted octanol–water partition coefficient (Wildman–Crippen LogP) is 4.13. The van der Waals surface area contributed by atoms with Gasteiger partial charge in [-0.15, -0.1) is 11.3 Å². The van der Waals surface area contributed by atoms with Crippen LogP contribution in [0, 0.1) is 0 Å². The van der Waals surface area contributed by atoms with Gasteiger partial charge in [0, 0.05) is 48.6 Å². The Morgan fingerprint density at radius 2 is 1.88 bits per heavy atom. The molecule has 0 radical (unpaired) electrons. The van der Waals surface area contributed by atoms with Gasteiger partial charge in [-0.05, 0) is 42.4 Å². The van der Waals surface area contributed by atoms with Gasteiger partial charge in [0.25, 0.3) is 5.91 Å². The summed E-state index contributed by atoms with van der Waals surface area (Å²) in [7, 11) is 2.06. The van der Waals surface area contributed by atoms with E-state index in [-0.39, 0.29) is 19.3 Å². The minimum absolute atomic E-state index is 0.0434. The van der Waals surface area contributed by atoms with Gasteiger partial charge in [-0.2, -0.15) is 11.8 Å². The molecule has 2 aliphatic rings. The first-order valence-corrected chi connectivity index (χ1v) is 13.3. The first-order chi connectivity index (χ1) is 16.7. The number of carbonyl (C=O) groups excluding carboxylic acids is 1. The predicted molar refractivity (Wildman–Crippen MR) is 135 cm³/mol. The number of hydrogen-bond acceptors (Lipinski definition) is 8. The number of fused-ring (bicyclic) bond motifs is 1. The fourth-order valence-corrected chi connectivity index (χ4v) is 5.53. The Hall–Kier alpha value is -2.75. The Balaban J connectivity index is 1.36. The molecule has 34 heavy (non-hydrogen) atoms. The minimum Gasteiger partial charge on any atom is -0.483 e. The molecule has 0 N–H and O–H groups in total. The zero-order valence-electron chi connectivity index (χ0n) is 19.1. The van der Waals surface area contributed by atoms with Gasteiger partial charge < -0.3 is 19.1 Å². The van der Waals surface area contributed by atoms with Gasteiger partial charge in [-0.3, -0.25) is 9.69 Å². The van der Waals surface area contributed by atoms with Crippen LogP contribution in [-0.4, -0.2) is 65.7 Å². The molecule has 0 unspecified atom stereocenters. The van der Waals surface area contributed by atoms with Gasteiger partial charge in [0.15, 0.2) is 18.1 Å². The first-order valence-electron chi connectivity index (χ1n) is 11.2. The SMILES string of the molecule is CN(Cc1cscn1)Cc1cc(-c2ccc3c(c2)OCO3)ccc1OCC(=O)N1CCSCC1. The van der Waals surface area contributed by atoms with Crippen molar-refractivity contribution in [1.82, 2.24) is 14.8 Å². The van der Waals surface area contributed by atoms with Gasteiger partial charge in [0.05, 0.1) is 11.2 Å². The summed E-state index contributed by atoms with van der Waals surface area (Å²) in [6.45, 7) is 3.29. The molecule has 3 aromatic rings. The van der Waals surface area contributed by atoms with Crippen molar-refractivity contribution in [3.8, 4) is 28.4 Å². The summed E-state index contributed by atoms with van der Waals surface area (Å²) in [5.74, 6) is 4.27. The van der Waals surface area contributed by atoms with Crippen LogP contribution in [0.1, 0.15) is 11.3 Å². The molecule has 1 saturated heterocycles. The number of thiazole rings is 1. The maximum Gasteiger partial charge on any atom is 0.260 e. The van der Waals surface area contributed by atoms with Crippen molar-refractivity contribution in [3.05, 3.63) is 58.5 Å². The molecule has 3 heterocycles. The van der Waals surface area contributed by atoms with Crippen molar-refractivity contribution in [1.29, 1.82) is 0 Å². The third-order valence-electron chi connectivity index (χ3n) is 5.84. The lowest BCUT2D eigenvalue weighted by molar-refractivity contribution is -0.133. The third-order valence-corrected chi connectivity index (χ3v) is 7.41. The Labute approximate surface area is 207 Å². The van der Waals surface area contributed by atoms with Crippen LogP contribution in [-0.2, 0) is 17.9 Å². The number of carbonyl (C=O) groups is 1. The monoisotopic (exact) mass is 497 g/mol. The molecule has 7 nitrogen and oxygen atoms in total. The zero-order chi connectivity index (χ0) is 23.3. The number of rotatable bonds is 8. The van der Waals surface area contributed by atoms with Crippen LogP contribution in [0.4, 0.5) is 0 Å². The molecule has 178 valence electrons. The number of amides is 1. The maximum absolute atomic E-state index is 12.7. The molecule has 0 spiro atoms. The highest BCUT2D eigenvalue weighted by Gasteiger charge is 2.19. The molecule has 0 aliphatic carbocycles. The van der Waals surface area contributed by atoms with Crippen molar-refractivity contribution in [2.75, 3.05) is 45.0 Å². The van der Waals surface area contributed by atoms with Crippen molar-refractivity contribution < 1.29 is 19.0 Å². The summed E-state index contributed by atoms with van der Waals surface area (Å²) in [5.41, 5.74) is 6.01. The fourth-order valence-electron chi connectivity index (χ4n) is 4.08. The van der Waals surface area contributed by atoms with Crippen LogP contribution >= 0.6 is 23.1 Å². The summed E-state index contributed by atoms with van der Waals surface area (Å²) in [6.07, 6.45) is 0. The average Bonchev–Trinajstić information content (AvgIpc) is 3.55. The summed E-state index contributed by atoms with van der Waals surface area (Å²) in [5, 5.41) is 2.06. The van der Waals surface area contributed by atoms with Crippen molar-refractivity contribution in [2.45, 2.75) is 13.1 Å². The molecule has 0 saturated carbocycles. The van der Waals surface area contributed by atoms with E-state index in [2.05, 4.69) is 28.4 Å². The quantitative estimate of drug-likeness (QED) is 0.464. The number of ether oxygens (including phenoxy) is 3. The van der Waals surface area contributed by atoms with E-state index >= 15 is 0 Å². The second-order valence-electron chi connectivity index (χ2n) is 8.32. The van der Waals surface area contributed by atoms with Crippen molar-refractivity contribution in [3.63, 3.8) is 0 Å². The van der Waals surface area contributed by atoms with E-state index in [0.29, 0.717) is 6.54 Å². The van der Waals surface area contributed by atoms with Gasteiger partial charge in [0.1, 0.15) is 5.75 Å². The number of thioether (sulfide) groups is 1. The molecular weight excluding hydrogens is 470 g/mol. The van der Waals surface area contributed by atoms with E-state index in [1.165, 1.54) is 0 Å². The second-order valence-corrected chi connectivity index (χ2v) is 10.3. The first kappa shape index (κ1) is 23.0. The molecular formula is C25H27N3O4S2. The van der Waals surface area contributed by atoms with E-state index in [1.54, 1.807) is 11.3 Å². The van der Waals surface area contributed by atoms with Gasteiger partial charge in [-0.1, -0.05) is 12.1 Å². The minimum atomic E-state index is 0.0434. The third kappa shape index (κ3) is 5.48. The van der Waals surface area contributed by atoms with Crippen LogP contribution in [0.2, 0.25) is 0 Å². The maximum atomic E-state index is 12.7. The molecule has 1 amide bonds. The summed E-state index contributed by atoms with van der Waals surface area (Å²) in [6, 6.07) is 12.1. The number of nitrogens with zero attached hydrogens (tertiary/aromatic N) is 3. The summed E-state index contributed by atoms with van der Waals surface area (Å²) in [4.78, 5) is 21.2. The van der Waals surface area contributed by atoms with E-state index in [1.807, 2.05) is 52.5 Å². The number of benzene rings is 2. The van der Waals surface area contributed by atoms with Crippen LogP contribution in [0.15, 0.2) is 47.3 Å².